The van der Waals surface area contributed by atoms with E-state index < -0.39 is 65.4 Å². The number of aromatic nitrogens is 4. The van der Waals surface area contributed by atoms with Gasteiger partial charge in [-0.05, 0) is 0 Å². The maximum Gasteiger partial charge on any atom is 0.490 e. The van der Waals surface area contributed by atoms with Crippen molar-refractivity contribution in [2.24, 2.45) is 0 Å². The molecule has 2 aromatic rings. The normalized spacial score (nSPS) is 28.6. The van der Waals surface area contributed by atoms with Gasteiger partial charge in [0.05, 0.1) is 12.9 Å². The number of ether oxygens (including phenoxy) is 1. The average molecular weight is 564 g/mol. The molecule has 0 aromatic carbocycles. The lowest BCUT2D eigenvalue weighted by atomic mass is 9.99. The van der Waals surface area contributed by atoms with Crippen LogP contribution < -0.4 is 11.2 Å². The van der Waals surface area contributed by atoms with E-state index in [4.69, 9.17) is 14.5 Å². The number of aromatic amines is 2. The van der Waals surface area contributed by atoms with Crippen molar-refractivity contribution in [2.75, 3.05) is 6.61 Å². The lowest BCUT2D eigenvalue weighted by molar-refractivity contribution is -0.142. The third-order valence-corrected chi connectivity index (χ3v) is 8.43. The molecule has 196 valence electrons. The number of nitrogens with one attached hydrogen (secondary N) is 2. The van der Waals surface area contributed by atoms with Gasteiger partial charge in [0.1, 0.15) is 24.0 Å². The van der Waals surface area contributed by atoms with E-state index in [1.54, 1.807) is 0 Å². The zero-order valence-corrected chi connectivity index (χ0v) is 19.8. The van der Waals surface area contributed by atoms with Crippen LogP contribution in [0.25, 0.3) is 11.2 Å². The third kappa shape index (κ3) is 5.95. The van der Waals surface area contributed by atoms with Crippen molar-refractivity contribution in [2.45, 2.75) is 30.5 Å². The lowest BCUT2D eigenvalue weighted by Gasteiger charge is -2.33. The Morgan fingerprint density at radius 2 is 1.80 bits per heavy atom. The highest BCUT2D eigenvalue weighted by atomic mass is 31.3. The fourth-order valence-electron chi connectivity index (χ4n) is 3.37. The number of nitrogens with zero attached hydrogens (tertiary/aromatic N) is 2. The minimum absolute atomic E-state index is 0.208. The fraction of sp³-hybridized carbons (Fsp3) is 0.462. The second kappa shape index (κ2) is 9.57. The summed E-state index contributed by atoms with van der Waals surface area (Å²) in [6, 6.07) is 0. The Morgan fingerprint density at radius 3 is 2.40 bits per heavy atom. The molecule has 1 aliphatic heterocycles. The highest BCUT2D eigenvalue weighted by molar-refractivity contribution is 7.66. The van der Waals surface area contributed by atoms with Crippen molar-refractivity contribution in [3.05, 3.63) is 39.8 Å². The van der Waals surface area contributed by atoms with Gasteiger partial charge in [0.2, 0.25) is 0 Å². The number of hydrogen-bond acceptors (Lipinski definition) is 12. The number of aliphatic hydroxyl groups excluding tert-OH is 2. The molecule has 2 unspecified atom stereocenters. The largest absolute Gasteiger partial charge is 0.490 e. The minimum atomic E-state index is -5.78. The molecule has 0 amide bonds. The van der Waals surface area contributed by atoms with E-state index in [9.17, 15) is 43.3 Å². The van der Waals surface area contributed by atoms with Crippen LogP contribution in [-0.4, -0.2) is 74.2 Å². The van der Waals surface area contributed by atoms with Crippen LogP contribution in [0, 0.1) is 0 Å². The maximum absolute atomic E-state index is 12.0. The van der Waals surface area contributed by atoms with Gasteiger partial charge in [-0.25, -0.2) is 23.5 Å². The average Bonchev–Trinajstić information content (AvgIpc) is 3.20. The molecule has 1 fully saturated rings. The van der Waals surface area contributed by atoms with Gasteiger partial charge >= 0.3 is 29.2 Å². The molecule has 3 heterocycles. The molecule has 1 saturated heterocycles. The predicted molar refractivity (Wildman–Crippen MR) is 110 cm³/mol. The number of H-pyrrole nitrogens is 2. The molecular weight excluding hydrogens is 545 g/mol. The van der Waals surface area contributed by atoms with Crippen LogP contribution in [0.2, 0.25) is 0 Å². The topological polar surface area (TPSA) is 293 Å². The Hall–Kier alpha value is -1.82. The summed E-state index contributed by atoms with van der Waals surface area (Å²) >= 11 is 0. The van der Waals surface area contributed by atoms with Gasteiger partial charge in [-0.1, -0.05) is 6.08 Å². The van der Waals surface area contributed by atoms with Gasteiger partial charge in [-0.15, -0.1) is 6.58 Å². The van der Waals surface area contributed by atoms with E-state index in [2.05, 4.69) is 29.7 Å². The van der Waals surface area contributed by atoms with Crippen molar-refractivity contribution in [3.63, 3.8) is 0 Å². The number of phosphoric acid groups is 3. The molecule has 1 aliphatic rings. The van der Waals surface area contributed by atoms with Crippen LogP contribution in [0.5, 0.6) is 0 Å². The number of aliphatic hydroxyl groups is 2. The highest BCUT2D eigenvalue weighted by Crippen LogP contribution is 2.66. The molecule has 0 saturated carbocycles. The second-order valence-corrected chi connectivity index (χ2v) is 11.5. The molecule has 19 nitrogen and oxygen atoms in total. The van der Waals surface area contributed by atoms with Crippen LogP contribution in [-0.2, 0) is 37.3 Å². The van der Waals surface area contributed by atoms with Crippen molar-refractivity contribution in [1.82, 2.24) is 19.5 Å². The molecule has 0 bridgehead atoms. The molecule has 2 aromatic heterocycles. The molecule has 0 spiro atoms. The molecular formula is C13H19N4O15P3. The van der Waals surface area contributed by atoms with E-state index in [0.717, 1.165) is 10.9 Å². The zero-order chi connectivity index (χ0) is 26.4. The van der Waals surface area contributed by atoms with Crippen molar-refractivity contribution < 1.29 is 61.4 Å². The van der Waals surface area contributed by atoms with E-state index in [1.807, 2.05) is 4.98 Å². The Kier molecular flexibility index (Phi) is 7.59. The van der Waals surface area contributed by atoms with Gasteiger partial charge in [-0.2, -0.15) is 8.62 Å². The standard InChI is InChI=1S/C13H19N4O15P3/c1-2-3-13(17-5-14-7-10(17)15-12(21)16-11(7)20)9(19)8(18)6(30-13)4-29-34(25,26)32-35(27,28)31-33(22,23)24/h2,5-6,8-9,18-19H,1,3-4H2,(H,25,26)(H,27,28)(H2,22,23,24)(H2,15,16,20,21)/t6-,8-,9-,13-/m1/s1. The first-order valence-electron chi connectivity index (χ1n) is 9.13. The summed E-state index contributed by atoms with van der Waals surface area (Å²) in [6.45, 7) is 2.44. The number of rotatable bonds is 10. The van der Waals surface area contributed by atoms with Crippen LogP contribution >= 0.6 is 23.5 Å². The molecule has 0 aliphatic carbocycles. The fourth-order valence-corrected chi connectivity index (χ4v) is 6.40. The quantitative estimate of drug-likeness (QED) is 0.115. The molecule has 6 atom stereocenters. The molecule has 22 heteroatoms. The summed E-state index contributed by atoms with van der Waals surface area (Å²) in [6.07, 6.45) is -3.33. The minimum Gasteiger partial charge on any atom is -0.387 e. The highest BCUT2D eigenvalue weighted by Gasteiger charge is 2.56. The first-order valence-corrected chi connectivity index (χ1v) is 13.7. The van der Waals surface area contributed by atoms with Crippen molar-refractivity contribution >= 4 is 34.6 Å². The smallest absolute Gasteiger partial charge is 0.387 e. The first-order chi connectivity index (χ1) is 16.0. The first kappa shape index (κ1) is 27.8. The van der Waals surface area contributed by atoms with Crippen LogP contribution in [0.1, 0.15) is 6.42 Å². The summed E-state index contributed by atoms with van der Waals surface area (Å²) in [4.78, 5) is 67.7. The maximum atomic E-state index is 12.0. The Labute approximate surface area is 193 Å². The van der Waals surface area contributed by atoms with Crippen molar-refractivity contribution in [3.8, 4) is 0 Å². The lowest BCUT2D eigenvalue weighted by Crippen LogP contribution is -2.45. The number of phosphoric ester groups is 1. The zero-order valence-electron chi connectivity index (χ0n) is 17.1. The summed E-state index contributed by atoms with van der Waals surface area (Å²) in [5, 5.41) is 21.2. The summed E-state index contributed by atoms with van der Waals surface area (Å²) in [5.41, 5.74) is -4.23. The summed E-state index contributed by atoms with van der Waals surface area (Å²) < 4.78 is 52.4. The van der Waals surface area contributed by atoms with E-state index in [-0.39, 0.29) is 17.6 Å². The number of hydrogen-bond donors (Lipinski definition) is 8. The third-order valence-electron chi connectivity index (χ3n) is 4.63. The predicted octanol–water partition coefficient (Wildman–Crippen LogP) is -1.89. The summed E-state index contributed by atoms with van der Waals surface area (Å²) in [5.74, 6) is 0. The molecule has 35 heavy (non-hydrogen) atoms. The van der Waals surface area contributed by atoms with Crippen molar-refractivity contribution in [1.29, 1.82) is 0 Å². The number of imidazole rings is 1. The van der Waals surface area contributed by atoms with Gasteiger partial charge in [0, 0.05) is 6.42 Å². The molecule has 0 radical (unpaired) electrons. The molecule has 8 N–H and O–H groups in total. The van der Waals surface area contributed by atoms with E-state index >= 15 is 0 Å². The van der Waals surface area contributed by atoms with Gasteiger partial charge in [0.15, 0.2) is 11.2 Å². The van der Waals surface area contributed by atoms with Gasteiger partial charge < -0.3 is 34.5 Å². The Bertz CT molecular complexity index is 1380. The Balaban J connectivity index is 1.87. The Morgan fingerprint density at radius 1 is 1.14 bits per heavy atom. The summed E-state index contributed by atoms with van der Waals surface area (Å²) in [7, 11) is -16.9. The van der Waals surface area contributed by atoms with E-state index in [0.29, 0.717) is 0 Å². The van der Waals surface area contributed by atoms with Gasteiger partial charge in [-0.3, -0.25) is 23.9 Å². The number of fused-ring (bicyclic) bond motifs is 1. The van der Waals surface area contributed by atoms with Gasteiger partial charge in [0.25, 0.3) is 5.56 Å². The van der Waals surface area contributed by atoms with E-state index in [1.165, 1.54) is 6.08 Å². The monoisotopic (exact) mass is 564 g/mol. The molecule has 3 rings (SSSR count). The SMILES string of the molecule is C=CC[C@@]1(n2cnc3c(=O)[nH]c(=O)[nH]c32)O[C@H](COP(=O)(O)OP(=O)(O)OP(=O)(O)O)[C@@H](O)[C@H]1O. The second-order valence-electron chi connectivity index (χ2n) is 7.04. The van der Waals surface area contributed by atoms with Crippen LogP contribution in [0.15, 0.2) is 28.6 Å². The van der Waals surface area contributed by atoms with Crippen LogP contribution in [0.4, 0.5) is 0 Å². The van der Waals surface area contributed by atoms with Crippen LogP contribution in [0.3, 0.4) is 0 Å².